The van der Waals surface area contributed by atoms with Gasteiger partial charge in [-0.05, 0) is 44.7 Å². The molecule has 0 unspecified atom stereocenters. The van der Waals surface area contributed by atoms with Crippen molar-refractivity contribution in [2.24, 2.45) is 0 Å². The van der Waals surface area contributed by atoms with E-state index in [-0.39, 0.29) is 0 Å². The number of ether oxygens (including phenoxy) is 1. The topological polar surface area (TPSA) is 60.2 Å². The second-order valence-electron chi connectivity index (χ2n) is 4.46. The van der Waals surface area contributed by atoms with E-state index < -0.39 is 0 Å². The molecule has 0 spiro atoms. The Kier molecular flexibility index (Phi) is 4.45. The van der Waals surface area contributed by atoms with Crippen LogP contribution in [0.5, 0.6) is 5.88 Å². The lowest BCUT2D eigenvalue weighted by Crippen LogP contribution is -2.06. The van der Waals surface area contributed by atoms with Crippen molar-refractivity contribution in [3.8, 4) is 5.88 Å². The standard InChI is InChI=1S/C14H21N3O/c1-2-18-14-12(15)7-8-13(17-14)16-10-9-11-5-3-4-6-11/h5,7-8H,2-4,6,9-10,15H2,1H3,(H,16,17). The molecule has 0 saturated carbocycles. The number of anilines is 2. The van der Waals surface area contributed by atoms with Crippen LogP contribution in [0.1, 0.15) is 32.6 Å². The Morgan fingerprint density at radius 1 is 1.44 bits per heavy atom. The number of rotatable bonds is 6. The van der Waals surface area contributed by atoms with Crippen LogP contribution in [0.3, 0.4) is 0 Å². The van der Waals surface area contributed by atoms with Crippen molar-refractivity contribution < 1.29 is 4.74 Å². The van der Waals surface area contributed by atoms with Crippen molar-refractivity contribution in [3.05, 3.63) is 23.8 Å². The summed E-state index contributed by atoms with van der Waals surface area (Å²) < 4.78 is 5.37. The van der Waals surface area contributed by atoms with E-state index >= 15 is 0 Å². The molecule has 0 radical (unpaired) electrons. The molecule has 0 atom stereocenters. The van der Waals surface area contributed by atoms with Crippen LogP contribution in [-0.2, 0) is 0 Å². The molecule has 4 nitrogen and oxygen atoms in total. The molecule has 0 aliphatic heterocycles. The van der Waals surface area contributed by atoms with Crippen LogP contribution >= 0.6 is 0 Å². The first-order valence-electron chi connectivity index (χ1n) is 6.60. The van der Waals surface area contributed by atoms with Gasteiger partial charge in [-0.1, -0.05) is 11.6 Å². The Morgan fingerprint density at radius 3 is 3.06 bits per heavy atom. The highest BCUT2D eigenvalue weighted by Gasteiger charge is 2.06. The quantitative estimate of drug-likeness (QED) is 0.759. The number of allylic oxidation sites excluding steroid dienone is 1. The molecule has 18 heavy (non-hydrogen) atoms. The summed E-state index contributed by atoms with van der Waals surface area (Å²) in [5.74, 6) is 1.34. The van der Waals surface area contributed by atoms with Crippen LogP contribution in [0.25, 0.3) is 0 Å². The molecular formula is C14H21N3O. The maximum atomic E-state index is 5.78. The van der Waals surface area contributed by atoms with Crippen molar-refractivity contribution in [3.63, 3.8) is 0 Å². The third-order valence-electron chi connectivity index (χ3n) is 3.06. The van der Waals surface area contributed by atoms with Gasteiger partial charge < -0.3 is 15.8 Å². The Balaban J connectivity index is 1.86. The van der Waals surface area contributed by atoms with Crippen LogP contribution in [0, 0.1) is 0 Å². The fourth-order valence-electron chi connectivity index (χ4n) is 2.12. The van der Waals surface area contributed by atoms with Crippen molar-refractivity contribution >= 4 is 11.5 Å². The van der Waals surface area contributed by atoms with Crippen molar-refractivity contribution in [1.29, 1.82) is 0 Å². The monoisotopic (exact) mass is 247 g/mol. The van der Waals surface area contributed by atoms with Gasteiger partial charge >= 0.3 is 0 Å². The first kappa shape index (κ1) is 12.7. The van der Waals surface area contributed by atoms with E-state index in [0.717, 1.165) is 18.8 Å². The summed E-state index contributed by atoms with van der Waals surface area (Å²) in [6.45, 7) is 3.41. The smallest absolute Gasteiger partial charge is 0.239 e. The van der Waals surface area contributed by atoms with Gasteiger partial charge in [0.05, 0.1) is 12.3 Å². The summed E-state index contributed by atoms with van der Waals surface area (Å²) in [7, 11) is 0. The predicted octanol–water partition coefficient (Wildman–Crippen LogP) is 2.97. The minimum absolute atomic E-state index is 0.516. The molecule has 1 aromatic rings. The zero-order valence-electron chi connectivity index (χ0n) is 10.9. The SMILES string of the molecule is CCOc1nc(NCCC2=CCCC2)ccc1N. The van der Waals surface area contributed by atoms with Crippen LogP contribution in [0.4, 0.5) is 11.5 Å². The van der Waals surface area contributed by atoms with Crippen LogP contribution in [-0.4, -0.2) is 18.1 Å². The van der Waals surface area contributed by atoms with Crippen LogP contribution in [0.2, 0.25) is 0 Å². The fourth-order valence-corrected chi connectivity index (χ4v) is 2.12. The van der Waals surface area contributed by atoms with Gasteiger partial charge in [-0.15, -0.1) is 0 Å². The summed E-state index contributed by atoms with van der Waals surface area (Å²) in [5, 5.41) is 3.31. The highest BCUT2D eigenvalue weighted by molar-refractivity contribution is 5.53. The molecule has 1 aliphatic carbocycles. The van der Waals surface area contributed by atoms with Crippen molar-refractivity contribution in [2.75, 3.05) is 24.2 Å². The molecule has 1 aliphatic rings. The van der Waals surface area contributed by atoms with Gasteiger partial charge in [-0.2, -0.15) is 4.98 Å². The molecule has 1 heterocycles. The Bertz CT molecular complexity index is 429. The number of aromatic nitrogens is 1. The van der Waals surface area contributed by atoms with Gasteiger partial charge in [0.25, 0.3) is 0 Å². The molecule has 0 fully saturated rings. The Labute approximate surface area is 108 Å². The van der Waals surface area contributed by atoms with Gasteiger partial charge in [0.1, 0.15) is 5.82 Å². The molecule has 0 saturated heterocycles. The van der Waals surface area contributed by atoms with Crippen LogP contribution in [0.15, 0.2) is 23.8 Å². The largest absolute Gasteiger partial charge is 0.476 e. The van der Waals surface area contributed by atoms with E-state index in [1.165, 1.54) is 19.3 Å². The van der Waals surface area contributed by atoms with Crippen LogP contribution < -0.4 is 15.8 Å². The summed E-state index contributed by atoms with van der Waals surface area (Å²) in [6, 6.07) is 3.72. The molecule has 0 aromatic carbocycles. The third-order valence-corrected chi connectivity index (χ3v) is 3.06. The molecule has 1 aromatic heterocycles. The number of pyridine rings is 1. The maximum Gasteiger partial charge on any atom is 0.239 e. The van der Waals surface area contributed by atoms with Gasteiger partial charge in [0, 0.05) is 6.54 Å². The van der Waals surface area contributed by atoms with E-state index in [1.54, 1.807) is 5.57 Å². The number of nitrogens with one attached hydrogen (secondary N) is 1. The number of nitrogens with two attached hydrogens (primary N) is 1. The highest BCUT2D eigenvalue weighted by Crippen LogP contribution is 2.22. The normalized spacial score (nSPS) is 14.4. The minimum atomic E-state index is 0.516. The lowest BCUT2D eigenvalue weighted by molar-refractivity contribution is 0.329. The van der Waals surface area contributed by atoms with E-state index in [1.807, 2.05) is 19.1 Å². The Hall–Kier alpha value is -1.71. The summed E-state index contributed by atoms with van der Waals surface area (Å²) in [6.07, 6.45) is 7.24. The van der Waals surface area contributed by atoms with Gasteiger partial charge in [-0.3, -0.25) is 0 Å². The molecule has 98 valence electrons. The summed E-state index contributed by atoms with van der Waals surface area (Å²) in [4.78, 5) is 4.35. The molecule has 0 amide bonds. The van der Waals surface area contributed by atoms with Gasteiger partial charge in [0.15, 0.2) is 0 Å². The fraction of sp³-hybridized carbons (Fsp3) is 0.500. The number of hydrogen-bond acceptors (Lipinski definition) is 4. The maximum absolute atomic E-state index is 5.78. The first-order chi connectivity index (χ1) is 8.79. The highest BCUT2D eigenvalue weighted by atomic mass is 16.5. The third kappa shape index (κ3) is 3.39. The summed E-state index contributed by atoms with van der Waals surface area (Å²) in [5.41, 5.74) is 7.92. The number of nitrogen functional groups attached to an aromatic ring is 1. The van der Waals surface area contributed by atoms with E-state index in [0.29, 0.717) is 18.2 Å². The lowest BCUT2D eigenvalue weighted by atomic mass is 10.2. The van der Waals surface area contributed by atoms with E-state index in [4.69, 9.17) is 10.5 Å². The van der Waals surface area contributed by atoms with E-state index in [9.17, 15) is 0 Å². The summed E-state index contributed by atoms with van der Waals surface area (Å²) >= 11 is 0. The molecule has 4 heteroatoms. The van der Waals surface area contributed by atoms with Gasteiger partial charge in [-0.25, -0.2) is 0 Å². The molecule has 3 N–H and O–H groups in total. The van der Waals surface area contributed by atoms with Crippen molar-refractivity contribution in [1.82, 2.24) is 4.98 Å². The second-order valence-corrected chi connectivity index (χ2v) is 4.46. The first-order valence-corrected chi connectivity index (χ1v) is 6.60. The van der Waals surface area contributed by atoms with Crippen molar-refractivity contribution in [2.45, 2.75) is 32.6 Å². The zero-order valence-corrected chi connectivity index (χ0v) is 10.9. The number of hydrogen-bond donors (Lipinski definition) is 2. The van der Waals surface area contributed by atoms with E-state index in [2.05, 4.69) is 16.4 Å². The zero-order chi connectivity index (χ0) is 12.8. The van der Waals surface area contributed by atoms with Gasteiger partial charge in [0.2, 0.25) is 5.88 Å². The second kappa shape index (κ2) is 6.28. The lowest BCUT2D eigenvalue weighted by Gasteiger charge is -2.10. The predicted molar refractivity (Wildman–Crippen MR) is 74.9 cm³/mol. The average Bonchev–Trinajstić information content (AvgIpc) is 2.87. The average molecular weight is 247 g/mol. The molecular weight excluding hydrogens is 226 g/mol. The minimum Gasteiger partial charge on any atom is -0.476 e. The number of nitrogens with zero attached hydrogens (tertiary/aromatic N) is 1. The Morgan fingerprint density at radius 2 is 2.33 bits per heavy atom. The molecule has 0 bridgehead atoms. The molecule has 2 rings (SSSR count).